The number of anilines is 1. The van der Waals surface area contributed by atoms with Gasteiger partial charge in [0.15, 0.2) is 0 Å². The van der Waals surface area contributed by atoms with Gasteiger partial charge in [-0.1, -0.05) is 11.2 Å². The predicted molar refractivity (Wildman–Crippen MR) is 94.5 cm³/mol. The third kappa shape index (κ3) is 4.47. The second kappa shape index (κ2) is 7.65. The van der Waals surface area contributed by atoms with Gasteiger partial charge >= 0.3 is 0 Å². The summed E-state index contributed by atoms with van der Waals surface area (Å²) in [6, 6.07) is 7.41. The van der Waals surface area contributed by atoms with Crippen LogP contribution in [0.25, 0.3) is 10.7 Å². The Kier molecular flexibility index (Phi) is 5.34. The second-order valence-electron chi connectivity index (χ2n) is 5.07. The van der Waals surface area contributed by atoms with Crippen molar-refractivity contribution in [2.24, 2.45) is 0 Å². The Morgan fingerprint density at radius 2 is 2.29 bits per heavy atom. The van der Waals surface area contributed by atoms with E-state index in [4.69, 9.17) is 4.52 Å². The van der Waals surface area contributed by atoms with Gasteiger partial charge in [-0.05, 0) is 46.6 Å². The van der Waals surface area contributed by atoms with Crippen molar-refractivity contribution in [1.29, 1.82) is 0 Å². The lowest BCUT2D eigenvalue weighted by molar-refractivity contribution is -0.117. The first-order valence-corrected chi connectivity index (χ1v) is 8.74. The van der Waals surface area contributed by atoms with E-state index in [1.807, 2.05) is 30.6 Å². The molecule has 0 saturated heterocycles. The maximum atomic E-state index is 12.0. The van der Waals surface area contributed by atoms with Gasteiger partial charge in [0, 0.05) is 10.7 Å². The molecular formula is C15H14BrN5O2S. The molecule has 3 heterocycles. The summed E-state index contributed by atoms with van der Waals surface area (Å²) in [5.74, 6) is 1.38. The zero-order valence-corrected chi connectivity index (χ0v) is 15.2. The highest BCUT2D eigenvalue weighted by atomic mass is 79.9. The highest BCUT2D eigenvalue weighted by Crippen LogP contribution is 2.21. The van der Waals surface area contributed by atoms with Crippen LogP contribution in [-0.4, -0.2) is 39.5 Å². The topological polar surface area (TPSA) is 84.2 Å². The molecule has 124 valence electrons. The lowest BCUT2D eigenvalue weighted by atomic mass is 10.4. The molecule has 0 aliphatic carbocycles. The number of pyridine rings is 1. The highest BCUT2D eigenvalue weighted by molar-refractivity contribution is 9.10. The third-order valence-electron chi connectivity index (χ3n) is 3.02. The fraction of sp³-hybridized carbons (Fsp3) is 0.200. The summed E-state index contributed by atoms with van der Waals surface area (Å²) in [6.45, 7) is 0.577. The van der Waals surface area contributed by atoms with Crippen LogP contribution in [0.2, 0.25) is 0 Å². The van der Waals surface area contributed by atoms with E-state index < -0.39 is 0 Å². The first-order chi connectivity index (χ1) is 11.6. The standard InChI is InChI=1S/C15H14BrN5O2S/c1-21(8-13(22)18-12-5-4-10(16)7-17-12)9-14-19-15(20-23-14)11-3-2-6-24-11/h2-7H,8-9H2,1H3,(H,17,18,22). The molecule has 0 bridgehead atoms. The number of rotatable bonds is 6. The minimum absolute atomic E-state index is 0.162. The Balaban J connectivity index is 1.52. The minimum Gasteiger partial charge on any atom is -0.338 e. The van der Waals surface area contributed by atoms with Gasteiger partial charge in [-0.2, -0.15) is 4.98 Å². The van der Waals surface area contributed by atoms with Crippen LogP contribution in [-0.2, 0) is 11.3 Å². The van der Waals surface area contributed by atoms with Gasteiger partial charge in [-0.3, -0.25) is 9.69 Å². The van der Waals surface area contributed by atoms with Crippen molar-refractivity contribution in [3.8, 4) is 10.7 Å². The lowest BCUT2D eigenvalue weighted by Gasteiger charge is -2.13. The van der Waals surface area contributed by atoms with Gasteiger partial charge in [0.05, 0.1) is 18.0 Å². The third-order valence-corrected chi connectivity index (χ3v) is 4.36. The van der Waals surface area contributed by atoms with Crippen molar-refractivity contribution in [1.82, 2.24) is 20.0 Å². The second-order valence-corrected chi connectivity index (χ2v) is 6.93. The van der Waals surface area contributed by atoms with E-state index in [2.05, 4.69) is 36.4 Å². The number of hydrogen-bond donors (Lipinski definition) is 1. The van der Waals surface area contributed by atoms with Gasteiger partial charge < -0.3 is 9.84 Å². The summed E-state index contributed by atoms with van der Waals surface area (Å²) in [4.78, 5) is 23.2. The van der Waals surface area contributed by atoms with E-state index in [-0.39, 0.29) is 12.5 Å². The molecule has 0 atom stereocenters. The molecule has 9 heteroatoms. The average Bonchev–Trinajstić information content (AvgIpc) is 3.20. The number of hydrogen-bond acceptors (Lipinski definition) is 7. The molecule has 0 fully saturated rings. The van der Waals surface area contributed by atoms with Crippen LogP contribution in [0.15, 0.2) is 44.8 Å². The molecule has 0 aromatic carbocycles. The van der Waals surface area contributed by atoms with Crippen molar-refractivity contribution < 1.29 is 9.32 Å². The Labute approximate surface area is 150 Å². The molecular weight excluding hydrogens is 394 g/mol. The number of likely N-dealkylation sites (N-methyl/N-ethyl adjacent to an activating group) is 1. The van der Waals surface area contributed by atoms with Crippen LogP contribution in [0.5, 0.6) is 0 Å². The van der Waals surface area contributed by atoms with E-state index in [1.165, 1.54) is 0 Å². The summed E-state index contributed by atoms with van der Waals surface area (Å²) >= 11 is 4.85. The van der Waals surface area contributed by atoms with Crippen molar-refractivity contribution in [3.05, 3.63) is 46.2 Å². The van der Waals surface area contributed by atoms with Crippen LogP contribution >= 0.6 is 27.3 Å². The molecule has 24 heavy (non-hydrogen) atoms. The number of thiophene rings is 1. The van der Waals surface area contributed by atoms with Crippen LogP contribution in [0.3, 0.4) is 0 Å². The molecule has 3 aromatic heterocycles. The van der Waals surface area contributed by atoms with Crippen molar-refractivity contribution >= 4 is 39.0 Å². The molecule has 0 saturated carbocycles. The maximum Gasteiger partial charge on any atom is 0.241 e. The van der Waals surface area contributed by atoms with Gasteiger partial charge in [0.25, 0.3) is 0 Å². The first kappa shape index (κ1) is 16.7. The van der Waals surface area contributed by atoms with Gasteiger partial charge in [0.1, 0.15) is 5.82 Å². The normalized spacial score (nSPS) is 11.0. The number of nitrogens with zero attached hydrogens (tertiary/aromatic N) is 4. The average molecular weight is 408 g/mol. The first-order valence-electron chi connectivity index (χ1n) is 7.06. The molecule has 0 radical (unpaired) electrons. The summed E-state index contributed by atoms with van der Waals surface area (Å²) in [7, 11) is 1.81. The van der Waals surface area contributed by atoms with Crippen LogP contribution in [0.1, 0.15) is 5.89 Å². The van der Waals surface area contributed by atoms with Crippen molar-refractivity contribution in [2.45, 2.75) is 6.54 Å². The number of carbonyl (C=O) groups is 1. The van der Waals surface area contributed by atoms with Crippen molar-refractivity contribution in [3.63, 3.8) is 0 Å². The van der Waals surface area contributed by atoms with E-state index in [0.29, 0.717) is 24.1 Å². The van der Waals surface area contributed by atoms with Crippen molar-refractivity contribution in [2.75, 3.05) is 18.9 Å². The Hall–Kier alpha value is -2.10. The van der Waals surface area contributed by atoms with Gasteiger partial charge in [-0.15, -0.1) is 11.3 Å². The smallest absolute Gasteiger partial charge is 0.241 e. The quantitative estimate of drug-likeness (QED) is 0.675. The Bertz CT molecular complexity index is 804. The molecule has 0 unspecified atom stereocenters. The Morgan fingerprint density at radius 3 is 3.00 bits per heavy atom. The molecule has 0 aliphatic rings. The van der Waals surface area contributed by atoms with Gasteiger partial charge in [-0.25, -0.2) is 4.98 Å². The predicted octanol–water partition coefficient (Wildman–Crippen LogP) is 3.03. The zero-order chi connectivity index (χ0) is 16.9. The largest absolute Gasteiger partial charge is 0.338 e. The molecule has 1 amide bonds. The lowest BCUT2D eigenvalue weighted by Crippen LogP contribution is -2.30. The fourth-order valence-electron chi connectivity index (χ4n) is 1.99. The summed E-state index contributed by atoms with van der Waals surface area (Å²) in [5.41, 5.74) is 0. The highest BCUT2D eigenvalue weighted by Gasteiger charge is 2.13. The summed E-state index contributed by atoms with van der Waals surface area (Å²) in [5, 5.41) is 8.64. The molecule has 0 aliphatic heterocycles. The minimum atomic E-state index is -0.162. The number of aromatic nitrogens is 3. The SMILES string of the molecule is CN(CC(=O)Nc1ccc(Br)cn1)Cc1nc(-c2cccs2)no1. The monoisotopic (exact) mass is 407 g/mol. The van der Waals surface area contributed by atoms with Crippen LogP contribution < -0.4 is 5.32 Å². The molecule has 1 N–H and O–H groups in total. The van der Waals surface area contributed by atoms with Crippen LogP contribution in [0, 0.1) is 0 Å². The van der Waals surface area contributed by atoms with E-state index in [9.17, 15) is 4.79 Å². The number of halogens is 1. The maximum absolute atomic E-state index is 12.0. The molecule has 0 spiro atoms. The zero-order valence-electron chi connectivity index (χ0n) is 12.8. The number of nitrogens with one attached hydrogen (secondary N) is 1. The van der Waals surface area contributed by atoms with Crippen LogP contribution in [0.4, 0.5) is 5.82 Å². The number of carbonyl (C=O) groups excluding carboxylic acids is 1. The number of amides is 1. The molecule has 7 nitrogen and oxygen atoms in total. The van der Waals surface area contributed by atoms with E-state index >= 15 is 0 Å². The van der Waals surface area contributed by atoms with E-state index in [0.717, 1.165) is 9.35 Å². The molecule has 3 rings (SSSR count). The van der Waals surface area contributed by atoms with E-state index in [1.54, 1.807) is 28.5 Å². The summed E-state index contributed by atoms with van der Waals surface area (Å²) in [6.07, 6.45) is 1.63. The van der Waals surface area contributed by atoms with Gasteiger partial charge in [0.2, 0.25) is 17.6 Å². The Morgan fingerprint density at radius 1 is 1.42 bits per heavy atom. The molecule has 3 aromatic rings. The summed E-state index contributed by atoms with van der Waals surface area (Å²) < 4.78 is 6.08. The fourth-order valence-corrected chi connectivity index (χ4v) is 2.87.